The zero-order valence-electron chi connectivity index (χ0n) is 19.0. The SMILES string of the molecule is CN=C(NCc1cccc(CN2CCC(C)CC2)c1)NC1CCN(c2cccs2)CC1. The van der Waals surface area contributed by atoms with Gasteiger partial charge in [-0.25, -0.2) is 0 Å². The predicted molar refractivity (Wildman–Crippen MR) is 133 cm³/mol. The Kier molecular flexibility index (Phi) is 7.86. The molecule has 0 atom stereocenters. The number of piperidine rings is 2. The molecule has 6 heteroatoms. The van der Waals surface area contributed by atoms with Crippen LogP contribution in [0.3, 0.4) is 0 Å². The predicted octanol–water partition coefficient (Wildman–Crippen LogP) is 4.31. The monoisotopic (exact) mass is 439 g/mol. The minimum absolute atomic E-state index is 0.482. The molecule has 1 aromatic carbocycles. The van der Waals surface area contributed by atoms with Crippen molar-refractivity contribution in [2.24, 2.45) is 10.9 Å². The smallest absolute Gasteiger partial charge is 0.191 e. The average Bonchev–Trinajstić information content (AvgIpc) is 3.34. The van der Waals surface area contributed by atoms with Crippen LogP contribution in [-0.4, -0.2) is 50.1 Å². The molecule has 168 valence electrons. The van der Waals surface area contributed by atoms with Crippen LogP contribution in [0.2, 0.25) is 0 Å². The zero-order valence-corrected chi connectivity index (χ0v) is 19.8. The molecule has 4 rings (SSSR count). The van der Waals surface area contributed by atoms with E-state index in [0.29, 0.717) is 6.04 Å². The van der Waals surface area contributed by atoms with Gasteiger partial charge >= 0.3 is 0 Å². The third-order valence-electron chi connectivity index (χ3n) is 6.61. The van der Waals surface area contributed by atoms with Crippen LogP contribution in [0.1, 0.15) is 43.7 Å². The molecule has 31 heavy (non-hydrogen) atoms. The lowest BCUT2D eigenvalue weighted by molar-refractivity contribution is 0.185. The fourth-order valence-corrected chi connectivity index (χ4v) is 5.37. The number of anilines is 1. The van der Waals surface area contributed by atoms with Gasteiger partial charge in [0.25, 0.3) is 0 Å². The average molecular weight is 440 g/mol. The summed E-state index contributed by atoms with van der Waals surface area (Å²) in [6.45, 7) is 8.91. The molecule has 2 N–H and O–H groups in total. The first-order valence-electron chi connectivity index (χ1n) is 11.8. The Morgan fingerprint density at radius 2 is 1.81 bits per heavy atom. The number of likely N-dealkylation sites (tertiary alicyclic amines) is 1. The van der Waals surface area contributed by atoms with Crippen molar-refractivity contribution in [3.63, 3.8) is 0 Å². The molecule has 2 aliphatic rings. The van der Waals surface area contributed by atoms with E-state index in [0.717, 1.165) is 50.9 Å². The fraction of sp³-hybridized carbons (Fsp3) is 0.560. The maximum absolute atomic E-state index is 4.46. The van der Waals surface area contributed by atoms with Gasteiger partial charge in [-0.1, -0.05) is 31.2 Å². The summed E-state index contributed by atoms with van der Waals surface area (Å²) in [7, 11) is 1.86. The molecule has 0 radical (unpaired) electrons. The Balaban J connectivity index is 1.22. The lowest BCUT2D eigenvalue weighted by Crippen LogP contribution is -2.48. The molecule has 2 aromatic rings. The quantitative estimate of drug-likeness (QED) is 0.520. The number of guanidine groups is 1. The number of rotatable bonds is 6. The van der Waals surface area contributed by atoms with Crippen LogP contribution in [0.15, 0.2) is 46.8 Å². The summed E-state index contributed by atoms with van der Waals surface area (Å²) in [6, 6.07) is 13.8. The number of nitrogens with one attached hydrogen (secondary N) is 2. The maximum Gasteiger partial charge on any atom is 0.191 e. The number of benzene rings is 1. The van der Waals surface area contributed by atoms with Gasteiger partial charge in [-0.15, -0.1) is 11.3 Å². The van der Waals surface area contributed by atoms with Gasteiger partial charge in [0.2, 0.25) is 0 Å². The van der Waals surface area contributed by atoms with Crippen molar-refractivity contribution in [1.29, 1.82) is 0 Å². The maximum atomic E-state index is 4.46. The molecular formula is C25H37N5S. The highest BCUT2D eigenvalue weighted by Crippen LogP contribution is 2.24. The van der Waals surface area contributed by atoms with Gasteiger partial charge in [-0.2, -0.15) is 0 Å². The lowest BCUT2D eigenvalue weighted by Gasteiger charge is -2.33. The molecule has 0 aliphatic carbocycles. The highest BCUT2D eigenvalue weighted by atomic mass is 32.1. The van der Waals surface area contributed by atoms with E-state index in [1.807, 2.05) is 18.4 Å². The normalized spacial score (nSPS) is 19.5. The minimum atomic E-state index is 0.482. The van der Waals surface area contributed by atoms with Crippen molar-refractivity contribution >= 4 is 22.3 Å². The van der Waals surface area contributed by atoms with Gasteiger partial charge < -0.3 is 15.5 Å². The first-order chi connectivity index (χ1) is 15.2. The number of hydrogen-bond donors (Lipinski definition) is 2. The number of hydrogen-bond acceptors (Lipinski definition) is 4. The molecule has 2 saturated heterocycles. The molecule has 0 amide bonds. The zero-order chi connectivity index (χ0) is 21.5. The Bertz CT molecular complexity index is 818. The van der Waals surface area contributed by atoms with Gasteiger partial charge in [-0.05, 0) is 73.3 Å². The van der Waals surface area contributed by atoms with E-state index >= 15 is 0 Å². The van der Waals surface area contributed by atoms with Crippen LogP contribution in [0.25, 0.3) is 0 Å². The second-order valence-electron chi connectivity index (χ2n) is 9.06. The van der Waals surface area contributed by atoms with E-state index in [1.54, 1.807) is 0 Å². The van der Waals surface area contributed by atoms with Crippen LogP contribution < -0.4 is 15.5 Å². The highest BCUT2D eigenvalue weighted by molar-refractivity contribution is 7.14. The summed E-state index contributed by atoms with van der Waals surface area (Å²) in [4.78, 5) is 9.55. The van der Waals surface area contributed by atoms with E-state index in [1.165, 1.54) is 42.1 Å². The molecule has 1 aromatic heterocycles. The van der Waals surface area contributed by atoms with Gasteiger partial charge in [0.05, 0.1) is 5.00 Å². The molecule has 0 unspecified atom stereocenters. The van der Waals surface area contributed by atoms with Crippen molar-refractivity contribution in [3.8, 4) is 0 Å². The summed E-state index contributed by atoms with van der Waals surface area (Å²) in [5.74, 6) is 1.79. The molecule has 0 bridgehead atoms. The Hall–Kier alpha value is -2.05. The van der Waals surface area contributed by atoms with E-state index < -0.39 is 0 Å². The first kappa shape index (κ1) is 22.2. The molecule has 5 nitrogen and oxygen atoms in total. The van der Waals surface area contributed by atoms with E-state index in [2.05, 4.69) is 74.1 Å². The molecular weight excluding hydrogens is 402 g/mol. The van der Waals surface area contributed by atoms with Gasteiger partial charge in [0.15, 0.2) is 5.96 Å². The van der Waals surface area contributed by atoms with E-state index in [-0.39, 0.29) is 0 Å². The largest absolute Gasteiger partial charge is 0.363 e. The van der Waals surface area contributed by atoms with E-state index in [9.17, 15) is 0 Å². The van der Waals surface area contributed by atoms with Crippen molar-refractivity contribution in [1.82, 2.24) is 15.5 Å². The molecule has 2 fully saturated rings. The van der Waals surface area contributed by atoms with Crippen LogP contribution in [0.5, 0.6) is 0 Å². The Morgan fingerprint density at radius 1 is 1.03 bits per heavy atom. The highest BCUT2D eigenvalue weighted by Gasteiger charge is 2.20. The summed E-state index contributed by atoms with van der Waals surface area (Å²) >= 11 is 1.83. The number of nitrogens with zero attached hydrogens (tertiary/aromatic N) is 3. The number of aliphatic imine (C=N–C) groups is 1. The second kappa shape index (κ2) is 11.0. The van der Waals surface area contributed by atoms with Crippen LogP contribution in [0, 0.1) is 5.92 Å². The topological polar surface area (TPSA) is 42.9 Å². The molecule has 2 aliphatic heterocycles. The van der Waals surface area contributed by atoms with Crippen LogP contribution in [0.4, 0.5) is 5.00 Å². The van der Waals surface area contributed by atoms with Crippen LogP contribution >= 0.6 is 11.3 Å². The van der Waals surface area contributed by atoms with Crippen molar-refractivity contribution in [3.05, 3.63) is 52.9 Å². The van der Waals surface area contributed by atoms with Crippen molar-refractivity contribution in [2.45, 2.75) is 51.7 Å². The molecule has 3 heterocycles. The fourth-order valence-electron chi connectivity index (χ4n) is 4.58. The third-order valence-corrected chi connectivity index (χ3v) is 7.54. The number of thiophene rings is 1. The summed E-state index contributed by atoms with van der Waals surface area (Å²) in [5.41, 5.74) is 2.73. The van der Waals surface area contributed by atoms with Gasteiger partial charge in [0.1, 0.15) is 0 Å². The summed E-state index contributed by atoms with van der Waals surface area (Å²) in [6.07, 6.45) is 4.94. The second-order valence-corrected chi connectivity index (χ2v) is 9.99. The first-order valence-corrected chi connectivity index (χ1v) is 12.6. The Labute approximate surface area is 191 Å². The summed E-state index contributed by atoms with van der Waals surface area (Å²) in [5, 5.41) is 10.7. The van der Waals surface area contributed by atoms with Crippen molar-refractivity contribution in [2.75, 3.05) is 38.1 Å². The Morgan fingerprint density at radius 3 is 2.52 bits per heavy atom. The minimum Gasteiger partial charge on any atom is -0.363 e. The van der Waals surface area contributed by atoms with Gasteiger partial charge in [-0.3, -0.25) is 9.89 Å². The molecule has 0 spiro atoms. The van der Waals surface area contributed by atoms with Gasteiger partial charge in [0, 0.05) is 39.3 Å². The van der Waals surface area contributed by atoms with E-state index in [4.69, 9.17) is 0 Å². The van der Waals surface area contributed by atoms with Crippen molar-refractivity contribution < 1.29 is 0 Å². The standard InChI is InChI=1S/C25H37N5S/c1-20-8-12-29(13-9-20)19-22-6-3-5-21(17-22)18-27-25(26-2)28-23-10-14-30(15-11-23)24-7-4-16-31-24/h3-7,16-17,20,23H,8-15,18-19H2,1-2H3,(H2,26,27,28). The molecule has 0 saturated carbocycles. The lowest BCUT2D eigenvalue weighted by atomic mass is 9.98. The van der Waals surface area contributed by atoms with Crippen LogP contribution in [-0.2, 0) is 13.1 Å². The summed E-state index contributed by atoms with van der Waals surface area (Å²) < 4.78 is 0. The third kappa shape index (κ3) is 6.47.